The molecule has 0 aromatic heterocycles. The van der Waals surface area contributed by atoms with Crippen LogP contribution in [0.3, 0.4) is 0 Å². The van der Waals surface area contributed by atoms with Crippen molar-refractivity contribution in [3.05, 3.63) is 52.8 Å². The highest BCUT2D eigenvalue weighted by molar-refractivity contribution is 7.89. The number of hydrogen-bond donors (Lipinski definition) is 0. The van der Waals surface area contributed by atoms with Gasteiger partial charge in [0, 0.05) is 32.6 Å². The predicted molar refractivity (Wildman–Crippen MR) is 112 cm³/mol. The van der Waals surface area contributed by atoms with Crippen LogP contribution in [0.5, 0.6) is 11.5 Å². The molecule has 0 N–H and O–H groups in total. The highest BCUT2D eigenvalue weighted by Crippen LogP contribution is 2.38. The molecule has 0 radical (unpaired) electrons. The molecule has 1 fully saturated rings. The van der Waals surface area contributed by atoms with Crippen molar-refractivity contribution in [2.24, 2.45) is 0 Å². The molecule has 1 saturated heterocycles. The molecule has 30 heavy (non-hydrogen) atoms. The summed E-state index contributed by atoms with van der Waals surface area (Å²) < 4.78 is 51.8. The Kier molecular flexibility index (Phi) is 6.48. The Hall–Kier alpha value is -1.87. The van der Waals surface area contributed by atoms with E-state index in [-0.39, 0.29) is 4.90 Å². The van der Waals surface area contributed by atoms with Crippen LogP contribution in [0.25, 0.3) is 0 Å². The van der Waals surface area contributed by atoms with Crippen LogP contribution in [-0.4, -0.2) is 57.0 Å². The van der Waals surface area contributed by atoms with Gasteiger partial charge in [-0.25, -0.2) is 12.8 Å². The first-order valence-electron chi connectivity index (χ1n) is 9.99. The zero-order valence-electron chi connectivity index (χ0n) is 16.5. The van der Waals surface area contributed by atoms with E-state index in [1.165, 1.54) is 28.6 Å². The van der Waals surface area contributed by atoms with Gasteiger partial charge in [0.25, 0.3) is 0 Å². The zero-order valence-corrected chi connectivity index (χ0v) is 18.1. The molecule has 0 saturated carbocycles. The van der Waals surface area contributed by atoms with Crippen molar-refractivity contribution >= 4 is 21.6 Å². The van der Waals surface area contributed by atoms with Crippen molar-refractivity contribution in [2.45, 2.75) is 24.3 Å². The van der Waals surface area contributed by atoms with E-state index in [0.717, 1.165) is 18.5 Å². The van der Waals surface area contributed by atoms with Gasteiger partial charge in [-0.2, -0.15) is 4.31 Å². The van der Waals surface area contributed by atoms with E-state index in [4.69, 9.17) is 21.1 Å². The third kappa shape index (κ3) is 4.72. The Balaban J connectivity index is 1.44. The lowest BCUT2D eigenvalue weighted by Crippen LogP contribution is -2.35. The molecule has 0 amide bonds. The van der Waals surface area contributed by atoms with Gasteiger partial charge in [-0.05, 0) is 54.9 Å². The fraction of sp³-hybridized carbons (Fsp3) is 0.429. The SMILES string of the molecule is O=S(=O)(c1ccc(F)cc1)N1CCCN(Cc2cc(Cl)c3c(c2)OCCCO3)CC1. The Morgan fingerprint density at radius 1 is 0.967 bits per heavy atom. The molecule has 162 valence electrons. The van der Waals surface area contributed by atoms with Gasteiger partial charge in [0.05, 0.1) is 23.1 Å². The fourth-order valence-corrected chi connectivity index (χ4v) is 5.49. The van der Waals surface area contributed by atoms with Crippen molar-refractivity contribution in [2.75, 3.05) is 39.4 Å². The Morgan fingerprint density at radius 2 is 1.73 bits per heavy atom. The summed E-state index contributed by atoms with van der Waals surface area (Å²) >= 11 is 6.39. The molecule has 2 aromatic rings. The maximum atomic E-state index is 13.2. The molecule has 0 aliphatic carbocycles. The van der Waals surface area contributed by atoms with E-state index in [9.17, 15) is 12.8 Å². The second kappa shape index (κ2) is 9.09. The van der Waals surface area contributed by atoms with Crippen LogP contribution in [-0.2, 0) is 16.6 Å². The van der Waals surface area contributed by atoms with Crippen LogP contribution >= 0.6 is 11.6 Å². The maximum Gasteiger partial charge on any atom is 0.243 e. The van der Waals surface area contributed by atoms with Gasteiger partial charge in [0.15, 0.2) is 11.5 Å². The van der Waals surface area contributed by atoms with Gasteiger partial charge in [-0.3, -0.25) is 4.90 Å². The number of nitrogens with zero attached hydrogens (tertiary/aromatic N) is 2. The molecule has 4 rings (SSSR count). The van der Waals surface area contributed by atoms with Gasteiger partial charge in [0.1, 0.15) is 5.82 Å². The minimum absolute atomic E-state index is 0.118. The third-order valence-corrected chi connectivity index (χ3v) is 7.46. The van der Waals surface area contributed by atoms with Crippen LogP contribution in [0.1, 0.15) is 18.4 Å². The summed E-state index contributed by atoms with van der Waals surface area (Å²) in [4.78, 5) is 2.32. The largest absolute Gasteiger partial charge is 0.489 e. The number of sulfonamides is 1. The quantitative estimate of drug-likeness (QED) is 0.707. The molecule has 2 heterocycles. The highest BCUT2D eigenvalue weighted by atomic mass is 35.5. The molecule has 2 aliphatic rings. The molecule has 0 bridgehead atoms. The Morgan fingerprint density at radius 3 is 2.53 bits per heavy atom. The molecular weight excluding hydrogens is 431 g/mol. The third-order valence-electron chi connectivity index (χ3n) is 5.27. The normalized spacial score (nSPS) is 18.6. The summed E-state index contributed by atoms with van der Waals surface area (Å²) in [6, 6.07) is 8.80. The number of ether oxygens (including phenoxy) is 2. The second-order valence-electron chi connectivity index (χ2n) is 7.44. The Labute approximate surface area is 181 Å². The summed E-state index contributed by atoms with van der Waals surface area (Å²) in [6.45, 7) is 3.97. The van der Waals surface area contributed by atoms with Gasteiger partial charge < -0.3 is 9.47 Å². The predicted octanol–water partition coefficient (Wildman–Crippen LogP) is 3.54. The average Bonchev–Trinajstić information content (AvgIpc) is 3.09. The van der Waals surface area contributed by atoms with E-state index >= 15 is 0 Å². The molecule has 0 unspecified atom stereocenters. The van der Waals surface area contributed by atoms with E-state index in [1.807, 2.05) is 12.1 Å². The smallest absolute Gasteiger partial charge is 0.243 e. The molecule has 9 heteroatoms. The number of benzene rings is 2. The summed E-state index contributed by atoms with van der Waals surface area (Å²) in [5.74, 6) is 0.792. The number of hydrogen-bond acceptors (Lipinski definition) is 5. The first-order chi connectivity index (χ1) is 14.4. The molecule has 2 aromatic carbocycles. The van der Waals surface area contributed by atoms with Crippen LogP contribution in [0.4, 0.5) is 4.39 Å². The summed E-state index contributed by atoms with van der Waals surface area (Å²) in [5.41, 5.74) is 0.999. The minimum atomic E-state index is -3.64. The lowest BCUT2D eigenvalue weighted by Gasteiger charge is -2.22. The summed E-state index contributed by atoms with van der Waals surface area (Å²) in [5, 5.41) is 0.528. The van der Waals surface area contributed by atoms with E-state index in [1.54, 1.807) is 0 Å². The minimum Gasteiger partial charge on any atom is -0.489 e. The van der Waals surface area contributed by atoms with Crippen LogP contribution in [0.2, 0.25) is 5.02 Å². The number of rotatable bonds is 4. The fourth-order valence-electron chi connectivity index (χ4n) is 3.74. The second-order valence-corrected chi connectivity index (χ2v) is 9.79. The zero-order chi connectivity index (χ0) is 21.1. The summed E-state index contributed by atoms with van der Waals surface area (Å²) in [7, 11) is -3.64. The van der Waals surface area contributed by atoms with Crippen molar-refractivity contribution in [3.8, 4) is 11.5 Å². The standard InChI is InChI=1S/C21H24ClFN2O4S/c22-19-13-16(14-20-21(19)29-12-2-11-28-20)15-24-7-1-8-25(10-9-24)30(26,27)18-5-3-17(23)4-6-18/h3-6,13-14H,1-2,7-12,15H2. The molecule has 2 aliphatic heterocycles. The van der Waals surface area contributed by atoms with E-state index < -0.39 is 15.8 Å². The lowest BCUT2D eigenvalue weighted by molar-refractivity contribution is 0.277. The lowest BCUT2D eigenvalue weighted by atomic mass is 10.2. The van der Waals surface area contributed by atoms with Gasteiger partial charge in [-0.15, -0.1) is 0 Å². The molecule has 6 nitrogen and oxygen atoms in total. The number of halogens is 2. The average molecular weight is 455 g/mol. The first kappa shape index (κ1) is 21.4. The molecular formula is C21H24ClFN2O4S. The topological polar surface area (TPSA) is 59.1 Å². The van der Waals surface area contributed by atoms with Gasteiger partial charge in [0.2, 0.25) is 10.0 Å². The van der Waals surface area contributed by atoms with Crippen molar-refractivity contribution in [3.63, 3.8) is 0 Å². The monoisotopic (exact) mass is 454 g/mol. The van der Waals surface area contributed by atoms with Gasteiger partial charge in [-0.1, -0.05) is 11.6 Å². The number of fused-ring (bicyclic) bond motifs is 1. The summed E-state index contributed by atoms with van der Waals surface area (Å²) in [6.07, 6.45) is 1.52. The van der Waals surface area contributed by atoms with Crippen LogP contribution in [0, 0.1) is 5.82 Å². The first-order valence-corrected chi connectivity index (χ1v) is 11.8. The maximum absolute atomic E-state index is 13.2. The van der Waals surface area contributed by atoms with Crippen LogP contribution in [0.15, 0.2) is 41.3 Å². The van der Waals surface area contributed by atoms with Crippen LogP contribution < -0.4 is 9.47 Å². The van der Waals surface area contributed by atoms with Gasteiger partial charge >= 0.3 is 0 Å². The van der Waals surface area contributed by atoms with Crippen molar-refractivity contribution in [1.82, 2.24) is 9.21 Å². The molecule has 0 spiro atoms. The van der Waals surface area contributed by atoms with Crippen molar-refractivity contribution in [1.29, 1.82) is 0 Å². The Bertz CT molecular complexity index is 1000. The van der Waals surface area contributed by atoms with E-state index in [2.05, 4.69) is 4.90 Å². The highest BCUT2D eigenvalue weighted by Gasteiger charge is 2.27. The van der Waals surface area contributed by atoms with Crippen molar-refractivity contribution < 1.29 is 22.3 Å². The molecule has 0 atom stereocenters. The van der Waals surface area contributed by atoms with E-state index in [0.29, 0.717) is 62.3 Å².